The Morgan fingerprint density at radius 2 is 2.17 bits per heavy atom. The molecule has 1 N–H and O–H groups in total. The van der Waals surface area contributed by atoms with Gasteiger partial charge < -0.3 is 0 Å². The predicted octanol–water partition coefficient (Wildman–Crippen LogP) is 0.268. The molecule has 0 radical (unpaired) electrons. The maximum Gasteiger partial charge on any atom is 0.511 e. The molecule has 0 saturated carbocycles. The number of nitrogens with zero attached hydrogens (tertiary/aromatic N) is 1. The molecule has 1 aromatic rings. The molecule has 0 aliphatic rings. The minimum absolute atomic E-state index is 0.319. The Morgan fingerprint density at radius 3 is 2.58 bits per heavy atom. The Morgan fingerprint density at radius 1 is 1.50 bits per heavy atom. The smallest absolute Gasteiger partial charge is 0.233 e. The van der Waals surface area contributed by atoms with Crippen molar-refractivity contribution in [3.63, 3.8) is 0 Å². The van der Waals surface area contributed by atoms with Crippen LogP contribution in [0.3, 0.4) is 0 Å². The lowest BCUT2D eigenvalue weighted by atomic mass is 10.3. The normalized spacial score (nSPS) is 11.1. The quantitative estimate of drug-likeness (QED) is 0.532. The fraction of sp³-hybridized carbons (Fsp3) is 0. The summed E-state index contributed by atoms with van der Waals surface area (Å²) in [7, 11) is -4.20. The van der Waals surface area contributed by atoms with Crippen LogP contribution in [-0.4, -0.2) is 13.0 Å². The van der Waals surface area contributed by atoms with E-state index in [1.165, 1.54) is 24.4 Å². The average molecular weight is 186 g/mol. The Balaban J connectivity index is 3.43. The molecule has 0 aliphatic heterocycles. The molecular weight excluding hydrogens is 178 g/mol. The van der Waals surface area contributed by atoms with Crippen LogP contribution in [0.15, 0.2) is 31.0 Å². The van der Waals surface area contributed by atoms with Crippen molar-refractivity contribution < 1.29 is 16.9 Å². The molecule has 0 aliphatic carbocycles. The first-order valence-electron chi connectivity index (χ1n) is 3.17. The van der Waals surface area contributed by atoms with E-state index >= 15 is 0 Å². The van der Waals surface area contributed by atoms with Gasteiger partial charge in [0.05, 0.1) is 0 Å². The number of hydrogen-bond donors (Lipinski definition) is 1. The Labute approximate surface area is 70.7 Å². The molecule has 12 heavy (non-hydrogen) atoms. The average Bonchev–Trinajstić information content (AvgIpc) is 2.03. The number of aromatic nitrogens is 1. The number of pyridine rings is 1. The van der Waals surface area contributed by atoms with Gasteiger partial charge in [-0.05, 0) is 6.07 Å². The summed E-state index contributed by atoms with van der Waals surface area (Å²) in [5.41, 5.74) is 0.319. The van der Waals surface area contributed by atoms with Gasteiger partial charge in [-0.25, -0.2) is 4.55 Å². The van der Waals surface area contributed by atoms with Crippen molar-refractivity contribution in [3.05, 3.63) is 36.7 Å². The SMILES string of the molecule is C=Cc1cccc[n+]1S(=O)(=O)O. The van der Waals surface area contributed by atoms with Crippen molar-refractivity contribution in [2.75, 3.05) is 0 Å². The molecule has 0 fully saturated rings. The summed E-state index contributed by atoms with van der Waals surface area (Å²) in [5, 5.41) is 0. The largest absolute Gasteiger partial charge is 0.511 e. The second-order valence-corrected chi connectivity index (χ2v) is 3.39. The third-order valence-electron chi connectivity index (χ3n) is 1.31. The van der Waals surface area contributed by atoms with E-state index in [0.29, 0.717) is 5.69 Å². The molecule has 0 spiro atoms. The molecule has 1 rings (SSSR count). The van der Waals surface area contributed by atoms with Gasteiger partial charge in [-0.1, -0.05) is 10.6 Å². The molecular formula is C7H8NO3S+. The maximum absolute atomic E-state index is 10.7. The third kappa shape index (κ3) is 1.69. The topological polar surface area (TPSA) is 58.2 Å². The number of rotatable bonds is 2. The predicted molar refractivity (Wildman–Crippen MR) is 43.7 cm³/mol. The molecule has 5 heteroatoms. The lowest BCUT2D eigenvalue weighted by Crippen LogP contribution is -2.44. The van der Waals surface area contributed by atoms with Crippen molar-refractivity contribution in [2.45, 2.75) is 0 Å². The molecule has 4 nitrogen and oxygen atoms in total. The zero-order valence-electron chi connectivity index (χ0n) is 6.21. The summed E-state index contributed by atoms with van der Waals surface area (Å²) in [6.45, 7) is 3.41. The van der Waals surface area contributed by atoms with Crippen molar-refractivity contribution in [1.82, 2.24) is 0 Å². The van der Waals surface area contributed by atoms with Crippen molar-refractivity contribution in [2.24, 2.45) is 0 Å². The van der Waals surface area contributed by atoms with E-state index in [1.807, 2.05) is 0 Å². The fourth-order valence-electron chi connectivity index (χ4n) is 0.810. The molecule has 0 aromatic carbocycles. The molecule has 0 bridgehead atoms. The van der Waals surface area contributed by atoms with Crippen LogP contribution in [0.4, 0.5) is 0 Å². The van der Waals surface area contributed by atoms with Crippen molar-refractivity contribution >= 4 is 16.4 Å². The van der Waals surface area contributed by atoms with Crippen LogP contribution >= 0.6 is 0 Å². The highest BCUT2D eigenvalue weighted by Crippen LogP contribution is 1.93. The minimum atomic E-state index is -4.20. The summed E-state index contributed by atoms with van der Waals surface area (Å²) in [5.74, 6) is 0. The van der Waals surface area contributed by atoms with Crippen LogP contribution in [0.1, 0.15) is 5.69 Å². The highest BCUT2D eigenvalue weighted by atomic mass is 32.2. The van der Waals surface area contributed by atoms with E-state index < -0.39 is 10.3 Å². The highest BCUT2D eigenvalue weighted by Gasteiger charge is 2.20. The van der Waals surface area contributed by atoms with E-state index in [-0.39, 0.29) is 0 Å². The molecule has 1 aromatic heterocycles. The van der Waals surface area contributed by atoms with Gasteiger partial charge in [0.25, 0.3) is 0 Å². The van der Waals surface area contributed by atoms with Gasteiger partial charge in [0.15, 0.2) is 6.20 Å². The van der Waals surface area contributed by atoms with Crippen molar-refractivity contribution in [3.8, 4) is 0 Å². The Bertz CT molecular complexity index is 397. The molecule has 64 valence electrons. The maximum atomic E-state index is 10.7. The lowest BCUT2D eigenvalue weighted by Gasteiger charge is -1.92. The van der Waals surface area contributed by atoms with Gasteiger partial charge in [0.2, 0.25) is 5.69 Å². The van der Waals surface area contributed by atoms with E-state index in [2.05, 4.69) is 6.58 Å². The lowest BCUT2D eigenvalue weighted by molar-refractivity contribution is -0.521. The second kappa shape index (κ2) is 3.04. The molecule has 1 heterocycles. The minimum Gasteiger partial charge on any atom is -0.233 e. The van der Waals surface area contributed by atoms with Gasteiger partial charge in [0, 0.05) is 18.2 Å². The number of hydrogen-bond acceptors (Lipinski definition) is 2. The summed E-state index contributed by atoms with van der Waals surface area (Å²) in [6, 6.07) is 4.68. The molecule has 0 amide bonds. The zero-order chi connectivity index (χ0) is 9.19. The van der Waals surface area contributed by atoms with Gasteiger partial charge in [0.1, 0.15) is 0 Å². The van der Waals surface area contributed by atoms with E-state index in [9.17, 15) is 8.42 Å². The first-order chi connectivity index (χ1) is 5.55. The third-order valence-corrected chi connectivity index (χ3v) is 2.14. The Hall–Kier alpha value is -1.20. The van der Waals surface area contributed by atoms with E-state index in [4.69, 9.17) is 4.55 Å². The van der Waals surface area contributed by atoms with E-state index in [1.54, 1.807) is 6.07 Å². The van der Waals surface area contributed by atoms with Crippen LogP contribution in [-0.2, 0) is 10.3 Å². The van der Waals surface area contributed by atoms with Crippen LogP contribution in [0, 0.1) is 0 Å². The van der Waals surface area contributed by atoms with Crippen LogP contribution < -0.4 is 3.97 Å². The first-order valence-corrected chi connectivity index (χ1v) is 4.56. The van der Waals surface area contributed by atoms with Crippen molar-refractivity contribution in [1.29, 1.82) is 0 Å². The standard InChI is InChI=1S/C7H7NO3S/c1-2-7-5-3-4-6-8(7)12(9,10)11/h2-6H,1H2/p+1. The van der Waals surface area contributed by atoms with E-state index in [0.717, 1.165) is 3.97 Å². The first kappa shape index (κ1) is 8.89. The van der Waals surface area contributed by atoms with Crippen LogP contribution in [0.5, 0.6) is 0 Å². The Kier molecular flexibility index (Phi) is 2.25. The van der Waals surface area contributed by atoms with Gasteiger partial charge in [-0.2, -0.15) is 0 Å². The van der Waals surface area contributed by atoms with Gasteiger partial charge >= 0.3 is 10.3 Å². The van der Waals surface area contributed by atoms with Gasteiger partial charge in [-0.3, -0.25) is 0 Å². The molecule has 0 saturated heterocycles. The second-order valence-electron chi connectivity index (χ2n) is 2.10. The van der Waals surface area contributed by atoms with Crippen LogP contribution in [0.25, 0.3) is 6.08 Å². The monoisotopic (exact) mass is 186 g/mol. The molecule has 0 atom stereocenters. The van der Waals surface area contributed by atoms with Crippen LogP contribution in [0.2, 0.25) is 0 Å². The highest BCUT2D eigenvalue weighted by molar-refractivity contribution is 7.79. The summed E-state index contributed by atoms with van der Waals surface area (Å²) < 4.78 is 30.8. The zero-order valence-corrected chi connectivity index (χ0v) is 7.03. The molecule has 0 unspecified atom stereocenters. The van der Waals surface area contributed by atoms with Gasteiger partial charge in [-0.15, -0.1) is 8.42 Å². The summed E-state index contributed by atoms with van der Waals surface area (Å²) in [6.07, 6.45) is 2.58. The summed E-state index contributed by atoms with van der Waals surface area (Å²) in [4.78, 5) is 0. The summed E-state index contributed by atoms with van der Waals surface area (Å²) >= 11 is 0. The fourth-order valence-corrected chi connectivity index (χ4v) is 1.44.